The summed E-state index contributed by atoms with van der Waals surface area (Å²) in [6.45, 7) is 6.05. The van der Waals surface area contributed by atoms with Crippen molar-refractivity contribution in [3.63, 3.8) is 0 Å². The second-order valence-corrected chi connectivity index (χ2v) is 7.88. The average molecular weight is 415 g/mol. The molecular formula is C26H30N4O. The lowest BCUT2D eigenvalue weighted by atomic mass is 9.96. The third-order valence-electron chi connectivity index (χ3n) is 5.85. The topological polar surface area (TPSA) is 61.6 Å². The lowest BCUT2D eigenvalue weighted by Crippen LogP contribution is -2.48. The van der Waals surface area contributed by atoms with E-state index in [-0.39, 0.29) is 11.9 Å². The van der Waals surface area contributed by atoms with Crippen molar-refractivity contribution in [3.05, 3.63) is 95.6 Å². The number of nitrogen functional groups attached to an aromatic ring is 1. The number of hydrogen-bond acceptors (Lipinski definition) is 4. The summed E-state index contributed by atoms with van der Waals surface area (Å²) in [7, 11) is 0. The van der Waals surface area contributed by atoms with Gasteiger partial charge in [-0.2, -0.15) is 0 Å². The molecule has 3 aromatic rings. The number of nitrogens with zero attached hydrogens (tertiary/aromatic N) is 2. The molecule has 5 heteroatoms. The van der Waals surface area contributed by atoms with Gasteiger partial charge in [0.1, 0.15) is 0 Å². The zero-order valence-electron chi connectivity index (χ0n) is 18.0. The third kappa shape index (κ3) is 4.72. The first-order chi connectivity index (χ1) is 15.2. The Kier molecular flexibility index (Phi) is 6.53. The maximum atomic E-state index is 12.6. The summed E-state index contributed by atoms with van der Waals surface area (Å²) < 4.78 is 0. The number of amides is 1. The standard InChI is InChI=1S/C26H30N4O/c1-2-28-26(31)23-19-22(27)13-14-24(23)29-15-17-30(18-16-29)25(20-9-5-3-6-10-20)21-11-7-4-8-12-21/h3-14,19,25H,2,15-18,27H2,1H3,(H,28,31). The summed E-state index contributed by atoms with van der Waals surface area (Å²) in [6.07, 6.45) is 0. The van der Waals surface area contributed by atoms with Crippen LogP contribution in [-0.2, 0) is 0 Å². The van der Waals surface area contributed by atoms with E-state index in [1.807, 2.05) is 19.1 Å². The summed E-state index contributed by atoms with van der Waals surface area (Å²) in [5.74, 6) is -0.0707. The SMILES string of the molecule is CCNC(=O)c1cc(N)ccc1N1CCN(C(c2ccccc2)c2ccccc2)CC1. The number of nitrogens with one attached hydrogen (secondary N) is 1. The molecule has 1 fully saturated rings. The van der Waals surface area contributed by atoms with Crippen molar-refractivity contribution >= 4 is 17.3 Å². The minimum absolute atomic E-state index is 0.0707. The van der Waals surface area contributed by atoms with E-state index < -0.39 is 0 Å². The number of hydrogen-bond donors (Lipinski definition) is 2. The van der Waals surface area contributed by atoms with Crippen LogP contribution in [-0.4, -0.2) is 43.5 Å². The van der Waals surface area contributed by atoms with Gasteiger partial charge in [-0.15, -0.1) is 0 Å². The van der Waals surface area contributed by atoms with E-state index >= 15 is 0 Å². The highest BCUT2D eigenvalue weighted by Gasteiger charge is 2.27. The van der Waals surface area contributed by atoms with E-state index in [4.69, 9.17) is 5.73 Å². The molecular weight excluding hydrogens is 384 g/mol. The van der Waals surface area contributed by atoms with E-state index in [0.717, 1.165) is 31.9 Å². The van der Waals surface area contributed by atoms with E-state index in [1.54, 1.807) is 6.07 Å². The lowest BCUT2D eigenvalue weighted by molar-refractivity contribution is 0.0956. The average Bonchev–Trinajstić information content (AvgIpc) is 2.81. The van der Waals surface area contributed by atoms with Gasteiger partial charge in [-0.3, -0.25) is 9.69 Å². The van der Waals surface area contributed by atoms with E-state index in [2.05, 4.69) is 75.8 Å². The molecule has 0 aliphatic carbocycles. The highest BCUT2D eigenvalue weighted by molar-refractivity contribution is 6.00. The minimum Gasteiger partial charge on any atom is -0.399 e. The zero-order valence-corrected chi connectivity index (χ0v) is 18.0. The third-order valence-corrected chi connectivity index (χ3v) is 5.85. The summed E-state index contributed by atoms with van der Waals surface area (Å²) in [5, 5.41) is 2.91. The van der Waals surface area contributed by atoms with Gasteiger partial charge in [0.05, 0.1) is 11.6 Å². The molecule has 1 amide bonds. The van der Waals surface area contributed by atoms with Crippen molar-refractivity contribution in [1.82, 2.24) is 10.2 Å². The van der Waals surface area contributed by atoms with Gasteiger partial charge in [0.25, 0.3) is 5.91 Å². The van der Waals surface area contributed by atoms with Crippen LogP contribution in [0.5, 0.6) is 0 Å². The Balaban J connectivity index is 1.56. The first kappa shape index (κ1) is 20.9. The van der Waals surface area contributed by atoms with Crippen molar-refractivity contribution in [3.8, 4) is 0 Å². The van der Waals surface area contributed by atoms with Gasteiger partial charge in [0.15, 0.2) is 0 Å². The van der Waals surface area contributed by atoms with Gasteiger partial charge in [-0.25, -0.2) is 0 Å². The van der Waals surface area contributed by atoms with E-state index in [0.29, 0.717) is 17.8 Å². The van der Waals surface area contributed by atoms with Crippen LogP contribution in [0, 0.1) is 0 Å². The number of rotatable bonds is 6. The van der Waals surface area contributed by atoms with Gasteiger partial charge in [-0.05, 0) is 36.2 Å². The minimum atomic E-state index is -0.0707. The molecule has 1 saturated heterocycles. The van der Waals surface area contributed by atoms with Crippen molar-refractivity contribution in [2.45, 2.75) is 13.0 Å². The highest BCUT2D eigenvalue weighted by atomic mass is 16.1. The maximum Gasteiger partial charge on any atom is 0.253 e. The van der Waals surface area contributed by atoms with Crippen LogP contribution in [0.1, 0.15) is 34.5 Å². The van der Waals surface area contributed by atoms with Gasteiger partial charge in [0, 0.05) is 44.1 Å². The molecule has 0 saturated carbocycles. The predicted molar refractivity (Wildman–Crippen MR) is 127 cm³/mol. The molecule has 0 radical (unpaired) electrons. The highest BCUT2D eigenvalue weighted by Crippen LogP contribution is 2.31. The number of benzene rings is 3. The Morgan fingerprint density at radius 2 is 1.48 bits per heavy atom. The van der Waals surface area contributed by atoms with E-state index in [9.17, 15) is 4.79 Å². The second-order valence-electron chi connectivity index (χ2n) is 7.88. The van der Waals surface area contributed by atoms with Crippen molar-refractivity contribution in [2.24, 2.45) is 0 Å². The number of nitrogens with two attached hydrogens (primary N) is 1. The van der Waals surface area contributed by atoms with Crippen LogP contribution in [0.25, 0.3) is 0 Å². The Bertz CT molecular complexity index is 959. The van der Waals surface area contributed by atoms with Gasteiger partial charge in [-0.1, -0.05) is 60.7 Å². The Hall–Kier alpha value is -3.31. The first-order valence-corrected chi connectivity index (χ1v) is 10.9. The number of carbonyl (C=O) groups is 1. The fourth-order valence-corrected chi connectivity index (χ4v) is 4.37. The lowest BCUT2D eigenvalue weighted by Gasteiger charge is -2.41. The number of piperazine rings is 1. The normalized spacial score (nSPS) is 14.6. The molecule has 1 heterocycles. The van der Waals surface area contributed by atoms with Gasteiger partial charge in [0.2, 0.25) is 0 Å². The van der Waals surface area contributed by atoms with Crippen LogP contribution >= 0.6 is 0 Å². The molecule has 1 aliphatic heterocycles. The monoisotopic (exact) mass is 414 g/mol. The number of anilines is 2. The summed E-state index contributed by atoms with van der Waals surface area (Å²) in [5.41, 5.74) is 10.8. The molecule has 160 valence electrons. The quantitative estimate of drug-likeness (QED) is 0.600. The fourth-order valence-electron chi connectivity index (χ4n) is 4.37. The maximum absolute atomic E-state index is 12.6. The molecule has 31 heavy (non-hydrogen) atoms. The fraction of sp³-hybridized carbons (Fsp3) is 0.269. The zero-order chi connectivity index (χ0) is 21.6. The van der Waals surface area contributed by atoms with Gasteiger partial charge < -0.3 is 16.0 Å². The van der Waals surface area contributed by atoms with Crippen LogP contribution in [0.4, 0.5) is 11.4 Å². The first-order valence-electron chi connectivity index (χ1n) is 10.9. The van der Waals surface area contributed by atoms with Crippen LogP contribution in [0.3, 0.4) is 0 Å². The molecule has 3 aromatic carbocycles. The van der Waals surface area contributed by atoms with E-state index in [1.165, 1.54) is 11.1 Å². The summed E-state index contributed by atoms with van der Waals surface area (Å²) >= 11 is 0. The predicted octanol–water partition coefficient (Wildman–Crippen LogP) is 3.93. The largest absolute Gasteiger partial charge is 0.399 e. The van der Waals surface area contributed by atoms with Crippen LogP contribution in [0.15, 0.2) is 78.9 Å². The molecule has 3 N–H and O–H groups in total. The van der Waals surface area contributed by atoms with Crippen molar-refractivity contribution in [1.29, 1.82) is 0 Å². The molecule has 0 unspecified atom stereocenters. The molecule has 5 nitrogen and oxygen atoms in total. The van der Waals surface area contributed by atoms with Gasteiger partial charge >= 0.3 is 0 Å². The number of carbonyl (C=O) groups excluding carboxylic acids is 1. The van der Waals surface area contributed by atoms with Crippen molar-refractivity contribution in [2.75, 3.05) is 43.4 Å². The molecule has 0 atom stereocenters. The molecule has 0 spiro atoms. The Labute approximate surface area is 184 Å². The van der Waals surface area contributed by atoms with Crippen molar-refractivity contribution < 1.29 is 4.79 Å². The summed E-state index contributed by atoms with van der Waals surface area (Å²) in [6, 6.07) is 27.2. The smallest absolute Gasteiger partial charge is 0.253 e. The van der Waals surface area contributed by atoms with Crippen LogP contribution in [0.2, 0.25) is 0 Å². The summed E-state index contributed by atoms with van der Waals surface area (Å²) in [4.78, 5) is 17.4. The second kappa shape index (κ2) is 9.67. The molecule has 0 aromatic heterocycles. The molecule has 4 rings (SSSR count). The Morgan fingerprint density at radius 1 is 0.903 bits per heavy atom. The molecule has 0 bridgehead atoms. The molecule has 1 aliphatic rings. The Morgan fingerprint density at radius 3 is 2.03 bits per heavy atom. The van der Waals surface area contributed by atoms with Crippen LogP contribution < -0.4 is 16.0 Å².